The second-order valence-electron chi connectivity index (χ2n) is 5.39. The summed E-state index contributed by atoms with van der Waals surface area (Å²) in [5.74, 6) is 1.75. The molecule has 2 heterocycles. The van der Waals surface area contributed by atoms with Crippen molar-refractivity contribution < 1.29 is 0 Å². The van der Waals surface area contributed by atoms with Crippen molar-refractivity contribution in [3.63, 3.8) is 0 Å². The maximum atomic E-state index is 4.14. The molecule has 2 unspecified atom stereocenters. The Balaban J connectivity index is 1.81. The fourth-order valence-electron chi connectivity index (χ4n) is 3.04. The number of aromatic nitrogens is 1. The van der Waals surface area contributed by atoms with Crippen LogP contribution in [0.3, 0.4) is 0 Å². The van der Waals surface area contributed by atoms with Gasteiger partial charge >= 0.3 is 0 Å². The number of nitrogens with one attached hydrogen (secondary N) is 1. The van der Waals surface area contributed by atoms with Crippen molar-refractivity contribution in [2.75, 3.05) is 26.2 Å². The van der Waals surface area contributed by atoms with Gasteiger partial charge in [-0.15, -0.1) is 0 Å². The van der Waals surface area contributed by atoms with Crippen molar-refractivity contribution in [2.45, 2.75) is 19.4 Å². The lowest BCUT2D eigenvalue weighted by Gasteiger charge is -2.35. The SMILES string of the molecule is CC1C[C@H]1C(c1ccncc1)N1CCNCC1. The minimum absolute atomic E-state index is 0.620. The van der Waals surface area contributed by atoms with E-state index in [1.807, 2.05) is 12.4 Å². The molecule has 0 amide bonds. The fourth-order valence-corrected chi connectivity index (χ4v) is 3.04. The molecule has 3 rings (SSSR count). The van der Waals surface area contributed by atoms with E-state index in [0.29, 0.717) is 6.04 Å². The van der Waals surface area contributed by atoms with Gasteiger partial charge < -0.3 is 5.32 Å². The zero-order valence-corrected chi connectivity index (χ0v) is 10.5. The third kappa shape index (κ3) is 2.35. The Morgan fingerprint density at radius 3 is 2.53 bits per heavy atom. The lowest BCUT2D eigenvalue weighted by molar-refractivity contribution is 0.152. The van der Waals surface area contributed by atoms with Crippen molar-refractivity contribution in [1.29, 1.82) is 0 Å². The van der Waals surface area contributed by atoms with E-state index >= 15 is 0 Å². The molecule has 3 heteroatoms. The number of piperazine rings is 1. The Labute approximate surface area is 103 Å². The third-order valence-corrected chi connectivity index (χ3v) is 4.17. The predicted molar refractivity (Wildman–Crippen MR) is 68.7 cm³/mol. The van der Waals surface area contributed by atoms with E-state index < -0.39 is 0 Å². The molecule has 1 aliphatic heterocycles. The molecule has 3 atom stereocenters. The first-order valence-corrected chi connectivity index (χ1v) is 6.71. The largest absolute Gasteiger partial charge is 0.314 e. The first-order valence-electron chi connectivity index (χ1n) is 6.71. The van der Waals surface area contributed by atoms with Gasteiger partial charge in [-0.3, -0.25) is 9.88 Å². The molecule has 1 aliphatic carbocycles. The molecule has 2 fully saturated rings. The van der Waals surface area contributed by atoms with Crippen LogP contribution in [0.25, 0.3) is 0 Å². The van der Waals surface area contributed by atoms with Crippen LogP contribution < -0.4 is 5.32 Å². The van der Waals surface area contributed by atoms with E-state index in [2.05, 4.69) is 34.3 Å². The Morgan fingerprint density at radius 2 is 1.94 bits per heavy atom. The van der Waals surface area contributed by atoms with Gasteiger partial charge in [0.2, 0.25) is 0 Å². The fraction of sp³-hybridized carbons (Fsp3) is 0.643. The van der Waals surface area contributed by atoms with E-state index in [-0.39, 0.29) is 0 Å². The standard InChI is InChI=1S/C14H21N3/c1-11-10-13(11)14(12-2-4-15-5-3-12)17-8-6-16-7-9-17/h2-5,11,13-14,16H,6-10H2,1H3/t11?,13-,14?/m1/s1. The summed E-state index contributed by atoms with van der Waals surface area (Å²) in [6, 6.07) is 5.00. The molecular weight excluding hydrogens is 210 g/mol. The predicted octanol–water partition coefficient (Wildman–Crippen LogP) is 1.68. The van der Waals surface area contributed by atoms with Gasteiger partial charge in [-0.05, 0) is 36.0 Å². The highest BCUT2D eigenvalue weighted by Crippen LogP contribution is 2.49. The molecular formula is C14H21N3. The van der Waals surface area contributed by atoms with E-state index in [9.17, 15) is 0 Å². The van der Waals surface area contributed by atoms with Gasteiger partial charge in [0.15, 0.2) is 0 Å². The van der Waals surface area contributed by atoms with Crippen molar-refractivity contribution in [3.05, 3.63) is 30.1 Å². The molecule has 1 aromatic heterocycles. The minimum atomic E-state index is 0.620. The first kappa shape index (κ1) is 11.2. The summed E-state index contributed by atoms with van der Waals surface area (Å²) in [6.07, 6.45) is 5.24. The van der Waals surface area contributed by atoms with Crippen LogP contribution in [-0.4, -0.2) is 36.1 Å². The summed E-state index contributed by atoms with van der Waals surface area (Å²) in [4.78, 5) is 6.79. The number of pyridine rings is 1. The highest BCUT2D eigenvalue weighted by atomic mass is 15.2. The average molecular weight is 231 g/mol. The summed E-state index contributed by atoms with van der Waals surface area (Å²) >= 11 is 0. The van der Waals surface area contributed by atoms with Crippen LogP contribution in [0.2, 0.25) is 0 Å². The molecule has 2 aliphatic rings. The summed E-state index contributed by atoms with van der Waals surface area (Å²) in [5.41, 5.74) is 1.45. The van der Waals surface area contributed by atoms with Gasteiger partial charge in [0.1, 0.15) is 0 Å². The van der Waals surface area contributed by atoms with Crippen LogP contribution in [0.5, 0.6) is 0 Å². The van der Waals surface area contributed by atoms with Gasteiger partial charge in [0, 0.05) is 44.6 Å². The zero-order valence-electron chi connectivity index (χ0n) is 10.5. The number of hydrogen-bond donors (Lipinski definition) is 1. The van der Waals surface area contributed by atoms with Crippen LogP contribution in [-0.2, 0) is 0 Å². The quantitative estimate of drug-likeness (QED) is 0.858. The van der Waals surface area contributed by atoms with Crippen molar-refractivity contribution in [1.82, 2.24) is 15.2 Å². The van der Waals surface area contributed by atoms with Gasteiger partial charge in [0.25, 0.3) is 0 Å². The maximum Gasteiger partial charge on any atom is 0.0381 e. The normalized spacial score (nSPS) is 31.1. The zero-order chi connectivity index (χ0) is 11.7. The van der Waals surface area contributed by atoms with E-state index in [1.165, 1.54) is 25.1 Å². The molecule has 1 aromatic rings. The molecule has 0 radical (unpaired) electrons. The lowest BCUT2D eigenvalue weighted by Crippen LogP contribution is -2.45. The smallest absolute Gasteiger partial charge is 0.0381 e. The summed E-state index contributed by atoms with van der Waals surface area (Å²) in [6.45, 7) is 6.98. The molecule has 1 saturated heterocycles. The number of hydrogen-bond acceptors (Lipinski definition) is 3. The Morgan fingerprint density at radius 1 is 1.29 bits per heavy atom. The molecule has 0 aromatic carbocycles. The van der Waals surface area contributed by atoms with Gasteiger partial charge in [0.05, 0.1) is 0 Å². The first-order chi connectivity index (χ1) is 8.36. The van der Waals surface area contributed by atoms with Crippen LogP contribution in [0.15, 0.2) is 24.5 Å². The van der Waals surface area contributed by atoms with E-state index in [0.717, 1.165) is 24.9 Å². The molecule has 17 heavy (non-hydrogen) atoms. The lowest BCUT2D eigenvalue weighted by atomic mass is 10.00. The molecule has 0 spiro atoms. The molecule has 3 nitrogen and oxygen atoms in total. The highest BCUT2D eigenvalue weighted by Gasteiger charge is 2.42. The van der Waals surface area contributed by atoms with E-state index in [1.54, 1.807) is 0 Å². The number of rotatable bonds is 3. The Kier molecular flexibility index (Phi) is 3.12. The Bertz CT molecular complexity index is 359. The summed E-state index contributed by atoms with van der Waals surface area (Å²) < 4.78 is 0. The van der Waals surface area contributed by atoms with Gasteiger partial charge in [-0.2, -0.15) is 0 Å². The Hall–Kier alpha value is -0.930. The van der Waals surface area contributed by atoms with E-state index in [4.69, 9.17) is 0 Å². The van der Waals surface area contributed by atoms with Gasteiger partial charge in [-0.25, -0.2) is 0 Å². The second-order valence-corrected chi connectivity index (χ2v) is 5.39. The summed E-state index contributed by atoms with van der Waals surface area (Å²) in [5, 5.41) is 3.44. The van der Waals surface area contributed by atoms with Crippen molar-refractivity contribution in [2.24, 2.45) is 11.8 Å². The van der Waals surface area contributed by atoms with Crippen LogP contribution in [0.1, 0.15) is 24.9 Å². The molecule has 1 saturated carbocycles. The molecule has 1 N–H and O–H groups in total. The maximum absolute atomic E-state index is 4.14. The average Bonchev–Trinajstić information content (AvgIpc) is 3.09. The second kappa shape index (κ2) is 4.75. The van der Waals surface area contributed by atoms with Crippen LogP contribution in [0, 0.1) is 11.8 Å². The summed E-state index contributed by atoms with van der Waals surface area (Å²) in [7, 11) is 0. The van der Waals surface area contributed by atoms with Gasteiger partial charge in [-0.1, -0.05) is 6.92 Å². The van der Waals surface area contributed by atoms with Crippen LogP contribution >= 0.6 is 0 Å². The minimum Gasteiger partial charge on any atom is -0.314 e. The monoisotopic (exact) mass is 231 g/mol. The highest BCUT2D eigenvalue weighted by molar-refractivity contribution is 5.19. The van der Waals surface area contributed by atoms with Crippen molar-refractivity contribution in [3.8, 4) is 0 Å². The van der Waals surface area contributed by atoms with Crippen LogP contribution in [0.4, 0.5) is 0 Å². The number of nitrogens with zero attached hydrogens (tertiary/aromatic N) is 2. The third-order valence-electron chi connectivity index (χ3n) is 4.17. The topological polar surface area (TPSA) is 28.2 Å². The molecule has 0 bridgehead atoms. The van der Waals surface area contributed by atoms with Crippen molar-refractivity contribution >= 4 is 0 Å². The molecule has 92 valence electrons.